The van der Waals surface area contributed by atoms with E-state index in [0.29, 0.717) is 0 Å². The van der Waals surface area contributed by atoms with Crippen LogP contribution >= 0.6 is 0 Å². The van der Waals surface area contributed by atoms with E-state index in [9.17, 15) is 0 Å². The maximum atomic E-state index is 3.74. The lowest BCUT2D eigenvalue weighted by molar-refractivity contribution is 0.0859. The molecule has 2 saturated heterocycles. The molecule has 2 heteroatoms. The number of likely N-dealkylation sites (tertiary alicyclic amines) is 1. The van der Waals surface area contributed by atoms with Gasteiger partial charge in [0, 0.05) is 25.2 Å². The fourth-order valence-corrected chi connectivity index (χ4v) is 4.71. The van der Waals surface area contributed by atoms with Crippen molar-refractivity contribution in [2.24, 2.45) is 17.8 Å². The second-order valence-electron chi connectivity index (χ2n) is 6.79. The molecule has 0 spiro atoms. The van der Waals surface area contributed by atoms with Crippen molar-refractivity contribution in [3.05, 3.63) is 0 Å². The molecular formula is C15H28N2. The molecule has 3 aliphatic rings. The molecule has 0 amide bonds. The van der Waals surface area contributed by atoms with Gasteiger partial charge in [0.05, 0.1) is 0 Å². The fourth-order valence-electron chi connectivity index (χ4n) is 4.71. The second kappa shape index (κ2) is 4.89. The Morgan fingerprint density at radius 3 is 2.41 bits per heavy atom. The minimum Gasteiger partial charge on any atom is -0.312 e. The standard InChI is InChI=1S/C15H28N2/c1-11-5-3-6-12(2)15(11)17-9-13-7-4-8-16-14(13)10-17/h11-16H,3-10H2,1-2H3/t11?,12?,13-,14+,15?/m0/s1. The van der Waals surface area contributed by atoms with Crippen LogP contribution in [0.1, 0.15) is 46.0 Å². The molecule has 0 aromatic carbocycles. The third kappa shape index (κ3) is 2.26. The third-order valence-corrected chi connectivity index (χ3v) is 5.53. The summed E-state index contributed by atoms with van der Waals surface area (Å²) in [5, 5.41) is 3.74. The minimum atomic E-state index is 0.810. The lowest BCUT2D eigenvalue weighted by Gasteiger charge is -2.41. The Hall–Kier alpha value is -0.0800. The molecule has 2 unspecified atom stereocenters. The Morgan fingerprint density at radius 2 is 1.71 bits per heavy atom. The summed E-state index contributed by atoms with van der Waals surface area (Å²) in [6.45, 7) is 8.91. The summed E-state index contributed by atoms with van der Waals surface area (Å²) >= 11 is 0. The average molecular weight is 236 g/mol. The van der Waals surface area contributed by atoms with Crippen molar-refractivity contribution >= 4 is 0 Å². The van der Waals surface area contributed by atoms with Gasteiger partial charge in [-0.05, 0) is 50.0 Å². The smallest absolute Gasteiger partial charge is 0.0235 e. The van der Waals surface area contributed by atoms with Crippen LogP contribution in [0, 0.1) is 17.8 Å². The van der Waals surface area contributed by atoms with E-state index >= 15 is 0 Å². The van der Waals surface area contributed by atoms with E-state index in [1.807, 2.05) is 0 Å². The van der Waals surface area contributed by atoms with E-state index in [4.69, 9.17) is 0 Å². The second-order valence-corrected chi connectivity index (χ2v) is 6.79. The molecule has 3 rings (SSSR count). The van der Waals surface area contributed by atoms with Crippen LogP contribution in [-0.4, -0.2) is 36.6 Å². The van der Waals surface area contributed by atoms with Crippen molar-refractivity contribution in [2.45, 2.75) is 58.0 Å². The normalized spacial score (nSPS) is 48.0. The van der Waals surface area contributed by atoms with Gasteiger partial charge in [-0.15, -0.1) is 0 Å². The first kappa shape index (κ1) is 12.0. The topological polar surface area (TPSA) is 15.3 Å². The zero-order chi connectivity index (χ0) is 11.8. The van der Waals surface area contributed by atoms with Crippen molar-refractivity contribution in [1.29, 1.82) is 0 Å². The number of piperidine rings is 1. The van der Waals surface area contributed by atoms with Gasteiger partial charge in [0.15, 0.2) is 0 Å². The highest BCUT2D eigenvalue weighted by molar-refractivity contribution is 4.97. The molecule has 0 aromatic rings. The molecule has 0 bridgehead atoms. The number of rotatable bonds is 1. The van der Waals surface area contributed by atoms with Gasteiger partial charge in [0.2, 0.25) is 0 Å². The van der Waals surface area contributed by atoms with Crippen LogP contribution in [0.15, 0.2) is 0 Å². The molecular weight excluding hydrogens is 208 g/mol. The van der Waals surface area contributed by atoms with Gasteiger partial charge >= 0.3 is 0 Å². The van der Waals surface area contributed by atoms with E-state index in [1.54, 1.807) is 0 Å². The van der Waals surface area contributed by atoms with Crippen LogP contribution in [0.5, 0.6) is 0 Å². The number of fused-ring (bicyclic) bond motifs is 1. The van der Waals surface area contributed by atoms with Crippen LogP contribution in [0.2, 0.25) is 0 Å². The van der Waals surface area contributed by atoms with Gasteiger partial charge in [0.1, 0.15) is 0 Å². The van der Waals surface area contributed by atoms with Gasteiger partial charge in [0.25, 0.3) is 0 Å². The summed E-state index contributed by atoms with van der Waals surface area (Å²) in [5.74, 6) is 2.78. The molecule has 1 saturated carbocycles. The van der Waals surface area contributed by atoms with Crippen molar-refractivity contribution in [3.8, 4) is 0 Å². The van der Waals surface area contributed by atoms with Crippen LogP contribution in [0.4, 0.5) is 0 Å². The zero-order valence-electron chi connectivity index (χ0n) is 11.5. The third-order valence-electron chi connectivity index (χ3n) is 5.53. The van der Waals surface area contributed by atoms with E-state index < -0.39 is 0 Å². The zero-order valence-corrected chi connectivity index (χ0v) is 11.5. The number of hydrogen-bond acceptors (Lipinski definition) is 2. The maximum absolute atomic E-state index is 3.74. The van der Waals surface area contributed by atoms with E-state index in [1.165, 1.54) is 51.7 Å². The van der Waals surface area contributed by atoms with Crippen LogP contribution in [-0.2, 0) is 0 Å². The van der Waals surface area contributed by atoms with Crippen molar-refractivity contribution in [2.75, 3.05) is 19.6 Å². The van der Waals surface area contributed by atoms with Crippen molar-refractivity contribution in [3.63, 3.8) is 0 Å². The van der Waals surface area contributed by atoms with E-state index in [-0.39, 0.29) is 0 Å². The summed E-state index contributed by atoms with van der Waals surface area (Å²) < 4.78 is 0. The highest BCUT2D eigenvalue weighted by Gasteiger charge is 2.41. The first-order chi connectivity index (χ1) is 8.25. The molecule has 98 valence electrons. The quantitative estimate of drug-likeness (QED) is 0.752. The Balaban J connectivity index is 1.67. The summed E-state index contributed by atoms with van der Waals surface area (Å²) in [5.41, 5.74) is 0. The largest absolute Gasteiger partial charge is 0.312 e. The SMILES string of the molecule is CC1CCCC(C)C1N1C[C@@H]2CCCN[C@@H]2C1. The molecule has 2 heterocycles. The Morgan fingerprint density at radius 1 is 0.941 bits per heavy atom. The summed E-state index contributed by atoms with van der Waals surface area (Å²) in [4.78, 5) is 2.84. The molecule has 0 radical (unpaired) electrons. The fraction of sp³-hybridized carbons (Fsp3) is 1.00. The Labute approximate surface area is 106 Å². The predicted octanol–water partition coefficient (Wildman–Crippen LogP) is 2.49. The van der Waals surface area contributed by atoms with Crippen LogP contribution in [0.25, 0.3) is 0 Å². The molecule has 3 fully saturated rings. The molecule has 2 aliphatic heterocycles. The van der Waals surface area contributed by atoms with Gasteiger partial charge in [-0.1, -0.05) is 20.3 Å². The molecule has 1 aliphatic carbocycles. The summed E-state index contributed by atoms with van der Waals surface area (Å²) in [6.07, 6.45) is 7.22. The van der Waals surface area contributed by atoms with Gasteiger partial charge in [-0.2, -0.15) is 0 Å². The first-order valence-electron chi connectivity index (χ1n) is 7.73. The van der Waals surface area contributed by atoms with Gasteiger partial charge < -0.3 is 5.32 Å². The molecule has 4 atom stereocenters. The Kier molecular flexibility index (Phi) is 3.45. The van der Waals surface area contributed by atoms with Crippen LogP contribution in [0.3, 0.4) is 0 Å². The van der Waals surface area contributed by atoms with E-state index in [0.717, 1.165) is 29.8 Å². The van der Waals surface area contributed by atoms with Crippen molar-refractivity contribution < 1.29 is 0 Å². The van der Waals surface area contributed by atoms with Gasteiger partial charge in [-0.3, -0.25) is 4.90 Å². The number of nitrogens with one attached hydrogen (secondary N) is 1. The first-order valence-corrected chi connectivity index (χ1v) is 7.73. The van der Waals surface area contributed by atoms with Crippen molar-refractivity contribution in [1.82, 2.24) is 10.2 Å². The lowest BCUT2D eigenvalue weighted by atomic mass is 9.78. The number of hydrogen-bond donors (Lipinski definition) is 1. The highest BCUT2D eigenvalue weighted by atomic mass is 15.2. The predicted molar refractivity (Wildman–Crippen MR) is 72.1 cm³/mol. The van der Waals surface area contributed by atoms with Crippen LogP contribution < -0.4 is 5.32 Å². The molecule has 2 nitrogen and oxygen atoms in total. The summed E-state index contributed by atoms with van der Waals surface area (Å²) in [6, 6.07) is 1.68. The molecule has 0 aromatic heterocycles. The summed E-state index contributed by atoms with van der Waals surface area (Å²) in [7, 11) is 0. The van der Waals surface area contributed by atoms with E-state index in [2.05, 4.69) is 24.1 Å². The molecule has 1 N–H and O–H groups in total. The van der Waals surface area contributed by atoms with Gasteiger partial charge in [-0.25, -0.2) is 0 Å². The Bertz CT molecular complexity index is 242. The monoisotopic (exact) mass is 236 g/mol. The molecule has 17 heavy (non-hydrogen) atoms. The minimum absolute atomic E-state index is 0.810. The maximum Gasteiger partial charge on any atom is 0.0235 e. The lowest BCUT2D eigenvalue weighted by Crippen LogP contribution is -2.46. The average Bonchev–Trinajstić information content (AvgIpc) is 2.71. The highest BCUT2D eigenvalue weighted by Crippen LogP contribution is 2.36. The number of nitrogens with zero attached hydrogens (tertiary/aromatic N) is 1.